The van der Waals surface area contributed by atoms with Gasteiger partial charge in [0.05, 0.1) is 16.3 Å². The average molecular weight is 405 g/mol. The number of nitrogens with zero attached hydrogens (tertiary/aromatic N) is 1. The fourth-order valence-electron chi connectivity index (χ4n) is 2.90. The fraction of sp³-hybridized carbons (Fsp3) is 0.0500. The average Bonchev–Trinajstić information content (AvgIpc) is 3.00. The molecule has 0 aromatic heterocycles. The van der Waals surface area contributed by atoms with Crippen LogP contribution in [-0.2, 0) is 0 Å². The van der Waals surface area contributed by atoms with Gasteiger partial charge in [0.25, 0.3) is 5.91 Å². The lowest BCUT2D eigenvalue weighted by Crippen LogP contribution is -2.33. The second kappa shape index (κ2) is 6.84. The van der Waals surface area contributed by atoms with E-state index in [0.29, 0.717) is 32.1 Å². The summed E-state index contributed by atoms with van der Waals surface area (Å²) in [6.07, 6.45) is -0.635. The Balaban J connectivity index is 1.83. The molecule has 1 aliphatic heterocycles. The second-order valence-electron chi connectivity index (χ2n) is 5.79. The van der Waals surface area contributed by atoms with Crippen LogP contribution in [0.3, 0.4) is 0 Å². The Morgan fingerprint density at radius 3 is 2.31 bits per heavy atom. The Bertz CT molecular complexity index is 989. The van der Waals surface area contributed by atoms with E-state index in [0.717, 1.165) is 5.56 Å². The minimum absolute atomic E-state index is 0.267. The highest BCUT2D eigenvalue weighted by Crippen LogP contribution is 2.45. The van der Waals surface area contributed by atoms with E-state index >= 15 is 0 Å². The molecule has 0 spiro atoms. The molecule has 0 fully saturated rings. The molecule has 4 rings (SSSR count). The predicted molar refractivity (Wildman–Crippen MR) is 105 cm³/mol. The van der Waals surface area contributed by atoms with Crippen molar-refractivity contribution >= 4 is 46.4 Å². The van der Waals surface area contributed by atoms with Gasteiger partial charge in [-0.15, -0.1) is 0 Å². The first-order valence-electron chi connectivity index (χ1n) is 7.84. The van der Waals surface area contributed by atoms with Gasteiger partial charge in [0.2, 0.25) is 6.23 Å². The molecule has 3 nitrogen and oxygen atoms in total. The maximum Gasteiger partial charge on any atom is 0.263 e. The molecule has 3 aromatic carbocycles. The van der Waals surface area contributed by atoms with Crippen molar-refractivity contribution in [2.24, 2.45) is 0 Å². The van der Waals surface area contributed by atoms with Crippen LogP contribution in [0.2, 0.25) is 15.1 Å². The van der Waals surface area contributed by atoms with E-state index in [2.05, 4.69) is 0 Å². The fourth-order valence-corrected chi connectivity index (χ4v) is 3.41. The van der Waals surface area contributed by atoms with Gasteiger partial charge in [0.1, 0.15) is 5.75 Å². The maximum absolute atomic E-state index is 13.3. The number of rotatable bonds is 2. The van der Waals surface area contributed by atoms with Gasteiger partial charge in [-0.05, 0) is 42.5 Å². The van der Waals surface area contributed by atoms with Gasteiger partial charge in [0, 0.05) is 15.6 Å². The first-order valence-corrected chi connectivity index (χ1v) is 8.98. The summed E-state index contributed by atoms with van der Waals surface area (Å²) in [6.45, 7) is 0. The predicted octanol–water partition coefficient (Wildman–Crippen LogP) is 6.38. The SMILES string of the molecule is O=C(c1ccccc1Cl)N1c2cc(Cl)ccc2OC1c1ccc(Cl)cc1. The van der Waals surface area contributed by atoms with E-state index in [9.17, 15) is 4.79 Å². The third-order valence-electron chi connectivity index (χ3n) is 4.13. The van der Waals surface area contributed by atoms with Crippen LogP contribution in [0.4, 0.5) is 5.69 Å². The summed E-state index contributed by atoms with van der Waals surface area (Å²) in [5.41, 5.74) is 1.79. The van der Waals surface area contributed by atoms with Gasteiger partial charge >= 0.3 is 0 Å². The first kappa shape index (κ1) is 17.2. The number of halogens is 3. The molecule has 0 radical (unpaired) electrons. The molecule has 1 heterocycles. The van der Waals surface area contributed by atoms with E-state index in [1.807, 2.05) is 12.1 Å². The Hall–Kier alpha value is -2.20. The van der Waals surface area contributed by atoms with Gasteiger partial charge in [-0.1, -0.05) is 59.1 Å². The third-order valence-corrected chi connectivity index (χ3v) is 4.95. The standard InChI is InChI=1S/C20H12Cl3NO2/c21-13-7-5-12(6-8-13)20-24(17-11-14(22)9-10-18(17)26-20)19(25)15-3-1-2-4-16(15)23/h1-11,20H. The van der Waals surface area contributed by atoms with Crippen LogP contribution in [0.25, 0.3) is 0 Å². The molecule has 0 bridgehead atoms. The number of amides is 1. The van der Waals surface area contributed by atoms with Gasteiger partial charge in [-0.25, -0.2) is 0 Å². The van der Waals surface area contributed by atoms with E-state index in [4.69, 9.17) is 39.5 Å². The molecule has 1 amide bonds. The topological polar surface area (TPSA) is 29.5 Å². The van der Waals surface area contributed by atoms with E-state index in [1.165, 1.54) is 0 Å². The van der Waals surface area contributed by atoms with E-state index in [-0.39, 0.29) is 5.91 Å². The van der Waals surface area contributed by atoms with Gasteiger partial charge in [-0.2, -0.15) is 0 Å². The highest BCUT2D eigenvalue weighted by Gasteiger charge is 2.37. The van der Waals surface area contributed by atoms with Crippen molar-refractivity contribution in [1.82, 2.24) is 0 Å². The number of hydrogen-bond donors (Lipinski definition) is 0. The summed E-state index contributed by atoms with van der Waals surface area (Å²) in [4.78, 5) is 14.8. The highest BCUT2D eigenvalue weighted by molar-refractivity contribution is 6.35. The van der Waals surface area contributed by atoms with Gasteiger partial charge < -0.3 is 4.74 Å². The lowest BCUT2D eigenvalue weighted by atomic mass is 10.1. The van der Waals surface area contributed by atoms with Crippen molar-refractivity contribution in [3.8, 4) is 5.75 Å². The summed E-state index contributed by atoms with van der Waals surface area (Å²) in [7, 11) is 0. The molecule has 0 aliphatic carbocycles. The zero-order chi connectivity index (χ0) is 18.3. The number of hydrogen-bond acceptors (Lipinski definition) is 2. The Labute approximate surface area is 165 Å². The van der Waals surface area contributed by atoms with E-state index in [1.54, 1.807) is 59.5 Å². The summed E-state index contributed by atoms with van der Waals surface area (Å²) in [6, 6.07) is 19.3. The Kier molecular flexibility index (Phi) is 4.53. The van der Waals surface area contributed by atoms with Gasteiger partial charge in [0.15, 0.2) is 0 Å². The van der Waals surface area contributed by atoms with E-state index < -0.39 is 6.23 Å². The summed E-state index contributed by atoms with van der Waals surface area (Å²) < 4.78 is 6.04. The Morgan fingerprint density at radius 1 is 0.885 bits per heavy atom. The summed E-state index contributed by atoms with van der Waals surface area (Å²) >= 11 is 18.4. The zero-order valence-electron chi connectivity index (χ0n) is 13.3. The minimum atomic E-state index is -0.635. The molecular formula is C20H12Cl3NO2. The molecule has 0 saturated carbocycles. The van der Waals surface area contributed by atoms with Crippen molar-refractivity contribution in [3.63, 3.8) is 0 Å². The molecule has 1 unspecified atom stereocenters. The van der Waals surface area contributed by atoms with Crippen LogP contribution in [0.1, 0.15) is 22.1 Å². The van der Waals surface area contributed by atoms with Crippen LogP contribution >= 0.6 is 34.8 Å². The van der Waals surface area contributed by atoms with Crippen molar-refractivity contribution in [2.45, 2.75) is 6.23 Å². The number of anilines is 1. The summed E-state index contributed by atoms with van der Waals surface area (Å²) in [5.74, 6) is 0.311. The molecule has 26 heavy (non-hydrogen) atoms. The highest BCUT2D eigenvalue weighted by atomic mass is 35.5. The van der Waals surface area contributed by atoms with Crippen LogP contribution in [-0.4, -0.2) is 5.91 Å². The molecule has 0 N–H and O–H groups in total. The molecular weight excluding hydrogens is 393 g/mol. The number of fused-ring (bicyclic) bond motifs is 1. The van der Waals surface area contributed by atoms with Crippen LogP contribution in [0.5, 0.6) is 5.75 Å². The number of carbonyl (C=O) groups is 1. The lowest BCUT2D eigenvalue weighted by molar-refractivity contribution is 0.0939. The molecule has 0 saturated heterocycles. The zero-order valence-corrected chi connectivity index (χ0v) is 15.6. The number of carbonyl (C=O) groups excluding carboxylic acids is 1. The molecule has 130 valence electrons. The first-order chi connectivity index (χ1) is 12.5. The monoisotopic (exact) mass is 403 g/mol. The number of ether oxygens (including phenoxy) is 1. The Morgan fingerprint density at radius 2 is 1.58 bits per heavy atom. The summed E-state index contributed by atoms with van der Waals surface area (Å²) in [5, 5.41) is 1.50. The minimum Gasteiger partial charge on any atom is -0.464 e. The quantitative estimate of drug-likeness (QED) is 0.495. The molecule has 1 atom stereocenters. The van der Waals surface area contributed by atoms with Crippen LogP contribution < -0.4 is 9.64 Å². The lowest BCUT2D eigenvalue weighted by Gasteiger charge is -2.24. The third kappa shape index (κ3) is 3.03. The van der Waals surface area contributed by atoms with Gasteiger partial charge in [-0.3, -0.25) is 9.69 Å². The largest absolute Gasteiger partial charge is 0.464 e. The number of benzene rings is 3. The van der Waals surface area contributed by atoms with Crippen LogP contribution in [0, 0.1) is 0 Å². The van der Waals surface area contributed by atoms with Crippen LogP contribution in [0.15, 0.2) is 66.7 Å². The molecule has 1 aliphatic rings. The molecule has 3 aromatic rings. The second-order valence-corrected chi connectivity index (χ2v) is 7.07. The van der Waals surface area contributed by atoms with Crippen molar-refractivity contribution in [3.05, 3.63) is 92.9 Å². The normalized spacial score (nSPS) is 15.5. The molecule has 6 heteroatoms. The smallest absolute Gasteiger partial charge is 0.263 e. The maximum atomic E-state index is 13.3. The van der Waals surface area contributed by atoms with Crippen molar-refractivity contribution in [1.29, 1.82) is 0 Å². The van der Waals surface area contributed by atoms with Crippen molar-refractivity contribution < 1.29 is 9.53 Å². The van der Waals surface area contributed by atoms with Crippen molar-refractivity contribution in [2.75, 3.05) is 4.90 Å².